The van der Waals surface area contributed by atoms with Gasteiger partial charge in [0.25, 0.3) is 5.91 Å². The number of carbonyl (C=O) groups is 4. The molecule has 0 heterocycles. The van der Waals surface area contributed by atoms with E-state index >= 15 is 0 Å². The van der Waals surface area contributed by atoms with Crippen LogP contribution in [0.15, 0.2) is 42.5 Å². The Morgan fingerprint density at radius 3 is 2.40 bits per heavy atom. The van der Waals surface area contributed by atoms with Crippen molar-refractivity contribution >= 4 is 58.1 Å². The Morgan fingerprint density at radius 1 is 0.933 bits per heavy atom. The molecule has 0 unspecified atom stereocenters. The first-order valence-corrected chi connectivity index (χ1v) is 9.82. The molecule has 2 aromatic carbocycles. The number of esters is 1. The van der Waals surface area contributed by atoms with Crippen LogP contribution in [0.3, 0.4) is 0 Å². The highest BCUT2D eigenvalue weighted by Gasteiger charge is 2.12. The highest BCUT2D eigenvalue weighted by Crippen LogP contribution is 2.29. The quantitative estimate of drug-likeness (QED) is 0.432. The van der Waals surface area contributed by atoms with Crippen molar-refractivity contribution in [1.29, 1.82) is 0 Å². The van der Waals surface area contributed by atoms with E-state index < -0.39 is 18.5 Å². The molecule has 0 fully saturated rings. The molecule has 2 rings (SSSR count). The fraction of sp³-hybridized carbons (Fsp3) is 0.238. The molecule has 7 nitrogen and oxygen atoms in total. The largest absolute Gasteiger partial charge is 0.456 e. The molecular formula is C21H20Cl2N2O5. The minimum atomic E-state index is -0.603. The zero-order valence-corrected chi connectivity index (χ0v) is 17.7. The van der Waals surface area contributed by atoms with Gasteiger partial charge in [-0.25, -0.2) is 0 Å². The van der Waals surface area contributed by atoms with Crippen LogP contribution >= 0.6 is 23.2 Å². The Hall–Kier alpha value is -2.90. The molecule has 0 saturated carbocycles. The number of hydrogen-bond donors (Lipinski definition) is 2. The van der Waals surface area contributed by atoms with Crippen molar-refractivity contribution in [2.45, 2.75) is 26.2 Å². The van der Waals surface area contributed by atoms with Crippen LogP contribution in [0.4, 0.5) is 11.4 Å². The number of Topliss-reactive ketones (excluding diaryl/α,β-unsaturated/α-hetero) is 1. The molecule has 0 spiro atoms. The molecule has 0 aliphatic rings. The van der Waals surface area contributed by atoms with Gasteiger partial charge in [0.15, 0.2) is 12.4 Å². The van der Waals surface area contributed by atoms with E-state index in [2.05, 4.69) is 10.6 Å². The first-order chi connectivity index (χ1) is 14.3. The second-order valence-electron chi connectivity index (χ2n) is 6.35. The summed E-state index contributed by atoms with van der Waals surface area (Å²) in [6, 6.07) is 11.4. The van der Waals surface area contributed by atoms with Gasteiger partial charge >= 0.3 is 5.97 Å². The molecule has 2 amide bonds. The van der Waals surface area contributed by atoms with Crippen LogP contribution in [0.25, 0.3) is 0 Å². The number of nitrogens with one attached hydrogen (secondary N) is 2. The Morgan fingerprint density at radius 2 is 1.67 bits per heavy atom. The normalized spacial score (nSPS) is 10.2. The average molecular weight is 451 g/mol. The first-order valence-electron chi connectivity index (χ1n) is 9.06. The van der Waals surface area contributed by atoms with Crippen molar-refractivity contribution in [2.24, 2.45) is 0 Å². The summed E-state index contributed by atoms with van der Waals surface area (Å²) in [7, 11) is 0. The topological polar surface area (TPSA) is 102 Å². The standard InChI is InChI=1S/C21H20Cl2N2O5/c1-13(26)14-5-2-6-15(11-14)24-18(27)9-4-10-20(29)30-12-19(28)25-17-8-3-7-16(22)21(17)23/h2-3,5-8,11H,4,9-10,12H2,1H3,(H,24,27)(H,25,28). The minimum absolute atomic E-state index is 0.0217. The second-order valence-corrected chi connectivity index (χ2v) is 7.13. The number of benzene rings is 2. The third-order valence-electron chi connectivity index (χ3n) is 3.93. The molecule has 0 saturated heterocycles. The number of anilines is 2. The Bertz CT molecular complexity index is 962. The summed E-state index contributed by atoms with van der Waals surface area (Å²) in [5.41, 5.74) is 1.32. The van der Waals surface area contributed by atoms with E-state index in [1.54, 1.807) is 42.5 Å². The van der Waals surface area contributed by atoms with Gasteiger partial charge in [-0.15, -0.1) is 0 Å². The van der Waals surface area contributed by atoms with Crippen molar-refractivity contribution in [2.75, 3.05) is 17.2 Å². The molecule has 0 aliphatic heterocycles. The number of rotatable bonds is 9. The summed E-state index contributed by atoms with van der Waals surface area (Å²) in [5.74, 6) is -1.56. The van der Waals surface area contributed by atoms with Crippen LogP contribution in [0.2, 0.25) is 10.0 Å². The van der Waals surface area contributed by atoms with Crippen molar-refractivity contribution in [3.63, 3.8) is 0 Å². The second kappa shape index (κ2) is 11.3. The Kier molecular flexibility index (Phi) is 8.83. The number of ketones is 1. The molecule has 0 aromatic heterocycles. The van der Waals surface area contributed by atoms with Gasteiger partial charge in [-0.05, 0) is 37.6 Å². The minimum Gasteiger partial charge on any atom is -0.456 e. The van der Waals surface area contributed by atoms with E-state index in [0.717, 1.165) is 0 Å². The summed E-state index contributed by atoms with van der Waals surface area (Å²) >= 11 is 11.8. The predicted molar refractivity (Wildman–Crippen MR) is 115 cm³/mol. The Labute approximate surface area is 183 Å². The summed E-state index contributed by atoms with van der Waals surface area (Å²) in [5, 5.41) is 5.65. The molecule has 158 valence electrons. The predicted octanol–water partition coefficient (Wildman–Crippen LogP) is 4.49. The molecule has 30 heavy (non-hydrogen) atoms. The smallest absolute Gasteiger partial charge is 0.306 e. The van der Waals surface area contributed by atoms with Crippen molar-refractivity contribution in [3.05, 3.63) is 58.1 Å². The van der Waals surface area contributed by atoms with E-state index in [0.29, 0.717) is 16.9 Å². The summed E-state index contributed by atoms with van der Waals surface area (Å²) in [6.45, 7) is 0.960. The van der Waals surface area contributed by atoms with Crippen LogP contribution < -0.4 is 10.6 Å². The van der Waals surface area contributed by atoms with Gasteiger partial charge in [-0.3, -0.25) is 19.2 Å². The fourth-order valence-electron chi connectivity index (χ4n) is 2.44. The lowest BCUT2D eigenvalue weighted by Gasteiger charge is -2.09. The van der Waals surface area contributed by atoms with E-state index in [9.17, 15) is 19.2 Å². The summed E-state index contributed by atoms with van der Waals surface area (Å²) in [6.07, 6.45) is 0.314. The van der Waals surface area contributed by atoms with Gasteiger partial charge in [0.1, 0.15) is 0 Å². The lowest BCUT2D eigenvalue weighted by Crippen LogP contribution is -2.21. The monoisotopic (exact) mass is 450 g/mol. The summed E-state index contributed by atoms with van der Waals surface area (Å²) in [4.78, 5) is 47.0. The third-order valence-corrected chi connectivity index (χ3v) is 4.75. The van der Waals surface area contributed by atoms with Crippen LogP contribution in [0.1, 0.15) is 36.5 Å². The van der Waals surface area contributed by atoms with E-state index in [-0.39, 0.29) is 41.0 Å². The molecule has 0 aliphatic carbocycles. The highest BCUT2D eigenvalue weighted by atomic mass is 35.5. The number of carbonyl (C=O) groups excluding carboxylic acids is 4. The molecule has 0 bridgehead atoms. The molecule has 0 radical (unpaired) electrons. The maximum Gasteiger partial charge on any atom is 0.306 e. The highest BCUT2D eigenvalue weighted by molar-refractivity contribution is 6.44. The van der Waals surface area contributed by atoms with E-state index in [1.807, 2.05) is 0 Å². The van der Waals surface area contributed by atoms with Gasteiger partial charge in [0.05, 0.1) is 15.7 Å². The maximum absolute atomic E-state index is 12.0. The molecule has 2 aromatic rings. The number of amides is 2. The van der Waals surface area contributed by atoms with Crippen molar-refractivity contribution in [1.82, 2.24) is 0 Å². The van der Waals surface area contributed by atoms with E-state index in [1.165, 1.54) is 6.92 Å². The molecule has 9 heteroatoms. The number of ether oxygens (including phenoxy) is 1. The van der Waals surface area contributed by atoms with Gasteiger partial charge in [0.2, 0.25) is 5.91 Å². The van der Waals surface area contributed by atoms with Crippen LogP contribution in [0, 0.1) is 0 Å². The van der Waals surface area contributed by atoms with Crippen LogP contribution in [0.5, 0.6) is 0 Å². The van der Waals surface area contributed by atoms with Crippen LogP contribution in [-0.4, -0.2) is 30.2 Å². The zero-order valence-electron chi connectivity index (χ0n) is 16.2. The number of hydrogen-bond acceptors (Lipinski definition) is 5. The van der Waals surface area contributed by atoms with Crippen molar-refractivity contribution in [3.8, 4) is 0 Å². The summed E-state index contributed by atoms with van der Waals surface area (Å²) < 4.78 is 4.89. The lowest BCUT2D eigenvalue weighted by molar-refractivity contribution is -0.147. The van der Waals surface area contributed by atoms with Crippen molar-refractivity contribution < 1.29 is 23.9 Å². The molecule has 2 N–H and O–H groups in total. The number of halogens is 2. The van der Waals surface area contributed by atoms with Gasteiger partial charge < -0.3 is 15.4 Å². The SMILES string of the molecule is CC(=O)c1cccc(NC(=O)CCCC(=O)OCC(=O)Nc2cccc(Cl)c2Cl)c1. The van der Waals surface area contributed by atoms with Gasteiger partial charge in [-0.1, -0.05) is 41.4 Å². The first kappa shape index (κ1) is 23.4. The Balaban J connectivity index is 1.68. The van der Waals surface area contributed by atoms with Crippen LogP contribution in [-0.2, 0) is 19.1 Å². The molecule has 0 atom stereocenters. The van der Waals surface area contributed by atoms with Gasteiger partial charge in [-0.2, -0.15) is 0 Å². The lowest BCUT2D eigenvalue weighted by atomic mass is 10.1. The van der Waals surface area contributed by atoms with Gasteiger partial charge in [0, 0.05) is 24.1 Å². The molecular weight excluding hydrogens is 431 g/mol. The zero-order chi connectivity index (χ0) is 22.1. The van der Waals surface area contributed by atoms with E-state index in [4.69, 9.17) is 27.9 Å². The third kappa shape index (κ3) is 7.50. The maximum atomic E-state index is 12.0. The average Bonchev–Trinajstić information content (AvgIpc) is 2.70. The fourth-order valence-corrected chi connectivity index (χ4v) is 2.79.